The van der Waals surface area contributed by atoms with Crippen LogP contribution in [-0.2, 0) is 19.8 Å². The van der Waals surface area contributed by atoms with Gasteiger partial charge in [-0.15, -0.1) is 4.91 Å². The van der Waals surface area contributed by atoms with E-state index in [1.165, 1.54) is 0 Å². The summed E-state index contributed by atoms with van der Waals surface area (Å²) in [5.74, 6) is 0. The SMILES string of the molecule is Cc1ccc(C(OCCOCCOCCO)(c2ccccc2)c2ccc(N=O)cc2)cc1. The van der Waals surface area contributed by atoms with Gasteiger partial charge in [0.1, 0.15) is 11.3 Å². The molecule has 32 heavy (non-hydrogen) atoms. The third kappa shape index (κ3) is 5.87. The predicted molar refractivity (Wildman–Crippen MR) is 124 cm³/mol. The van der Waals surface area contributed by atoms with Crippen molar-refractivity contribution in [2.45, 2.75) is 12.5 Å². The summed E-state index contributed by atoms with van der Waals surface area (Å²) in [5.41, 5.74) is 3.49. The van der Waals surface area contributed by atoms with Gasteiger partial charge < -0.3 is 19.3 Å². The second-order valence-corrected chi connectivity index (χ2v) is 7.35. The lowest BCUT2D eigenvalue weighted by atomic mass is 9.79. The Labute approximate surface area is 188 Å². The summed E-state index contributed by atoms with van der Waals surface area (Å²) in [7, 11) is 0. The molecule has 1 unspecified atom stereocenters. The van der Waals surface area contributed by atoms with Crippen molar-refractivity contribution >= 4 is 5.69 Å². The fourth-order valence-electron chi connectivity index (χ4n) is 3.61. The van der Waals surface area contributed by atoms with Crippen molar-refractivity contribution in [1.82, 2.24) is 0 Å². The van der Waals surface area contributed by atoms with Crippen LogP contribution in [0.15, 0.2) is 84.0 Å². The van der Waals surface area contributed by atoms with Crippen LogP contribution >= 0.6 is 0 Å². The molecule has 1 N–H and O–H groups in total. The summed E-state index contributed by atoms with van der Waals surface area (Å²) in [4.78, 5) is 11.0. The van der Waals surface area contributed by atoms with Gasteiger partial charge in [0.25, 0.3) is 0 Å². The maximum absolute atomic E-state index is 11.0. The molecular weight excluding hydrogens is 406 g/mol. The van der Waals surface area contributed by atoms with Crippen molar-refractivity contribution in [2.75, 3.05) is 39.6 Å². The quantitative estimate of drug-likeness (QED) is 0.239. The first kappa shape index (κ1) is 23.8. The molecule has 0 saturated heterocycles. The van der Waals surface area contributed by atoms with Gasteiger partial charge in [-0.1, -0.05) is 72.3 Å². The Balaban J connectivity index is 1.92. The number of aliphatic hydroxyl groups excluding tert-OH is 1. The van der Waals surface area contributed by atoms with Gasteiger partial charge >= 0.3 is 0 Å². The molecule has 1 atom stereocenters. The van der Waals surface area contributed by atoms with E-state index in [9.17, 15) is 4.91 Å². The highest BCUT2D eigenvalue weighted by atomic mass is 16.6. The summed E-state index contributed by atoms with van der Waals surface area (Å²) in [6.45, 7) is 3.92. The number of hydrogen-bond donors (Lipinski definition) is 1. The Bertz CT molecular complexity index is 944. The molecule has 3 rings (SSSR count). The minimum Gasteiger partial charge on any atom is -0.394 e. The summed E-state index contributed by atoms with van der Waals surface area (Å²) in [5, 5.41) is 11.8. The van der Waals surface area contributed by atoms with Gasteiger partial charge in [0, 0.05) is 0 Å². The molecule has 0 aliphatic heterocycles. The summed E-state index contributed by atoms with van der Waals surface area (Å²) in [6, 6.07) is 25.4. The maximum atomic E-state index is 11.0. The number of aryl methyl sites for hydroxylation is 1. The summed E-state index contributed by atoms with van der Waals surface area (Å²) >= 11 is 0. The highest BCUT2D eigenvalue weighted by Crippen LogP contribution is 2.41. The van der Waals surface area contributed by atoms with E-state index in [-0.39, 0.29) is 6.61 Å². The monoisotopic (exact) mass is 435 g/mol. The Morgan fingerprint density at radius 1 is 0.719 bits per heavy atom. The first-order valence-corrected chi connectivity index (χ1v) is 10.7. The van der Waals surface area contributed by atoms with Crippen molar-refractivity contribution in [3.05, 3.63) is 106 Å². The van der Waals surface area contributed by atoms with Gasteiger partial charge in [-0.2, -0.15) is 0 Å². The van der Waals surface area contributed by atoms with E-state index < -0.39 is 5.60 Å². The lowest BCUT2D eigenvalue weighted by Gasteiger charge is -2.36. The number of nitroso groups, excluding NO2 is 1. The lowest BCUT2D eigenvalue weighted by molar-refractivity contribution is -0.0348. The number of aliphatic hydroxyl groups is 1. The fourth-order valence-corrected chi connectivity index (χ4v) is 3.61. The summed E-state index contributed by atoms with van der Waals surface area (Å²) in [6.07, 6.45) is 0. The molecule has 0 saturated carbocycles. The number of nitrogens with zero attached hydrogens (tertiary/aromatic N) is 1. The molecule has 6 heteroatoms. The molecule has 6 nitrogen and oxygen atoms in total. The van der Waals surface area contributed by atoms with Crippen molar-refractivity contribution in [3.8, 4) is 0 Å². The highest BCUT2D eigenvalue weighted by molar-refractivity contribution is 5.51. The molecule has 0 aliphatic carbocycles. The smallest absolute Gasteiger partial charge is 0.143 e. The summed E-state index contributed by atoms with van der Waals surface area (Å²) < 4.78 is 17.5. The third-order valence-corrected chi connectivity index (χ3v) is 5.17. The van der Waals surface area contributed by atoms with E-state index in [0.29, 0.717) is 38.7 Å². The lowest BCUT2D eigenvalue weighted by Crippen LogP contribution is -2.34. The number of hydrogen-bond acceptors (Lipinski definition) is 6. The molecule has 0 heterocycles. The zero-order valence-corrected chi connectivity index (χ0v) is 18.3. The minimum atomic E-state index is -0.882. The standard InChI is InChI=1S/C26H29NO5/c1-21-7-9-23(10-8-21)26(22-5-3-2-4-6-22,24-11-13-25(27-29)14-12-24)32-20-19-31-18-17-30-16-15-28/h2-14,28H,15-20H2,1H3. The van der Waals surface area contributed by atoms with Crippen molar-refractivity contribution < 1.29 is 19.3 Å². The van der Waals surface area contributed by atoms with Crippen LogP contribution in [0.25, 0.3) is 0 Å². The van der Waals surface area contributed by atoms with Crippen LogP contribution in [0.3, 0.4) is 0 Å². The number of rotatable bonds is 13. The molecule has 0 fully saturated rings. The first-order valence-electron chi connectivity index (χ1n) is 10.7. The average Bonchev–Trinajstić information content (AvgIpc) is 2.85. The van der Waals surface area contributed by atoms with Crippen molar-refractivity contribution in [1.29, 1.82) is 0 Å². The van der Waals surface area contributed by atoms with E-state index in [2.05, 4.69) is 29.4 Å². The second-order valence-electron chi connectivity index (χ2n) is 7.35. The Kier molecular flexibility index (Phi) is 9.07. The van der Waals surface area contributed by atoms with Gasteiger partial charge in [0.05, 0.1) is 39.6 Å². The average molecular weight is 436 g/mol. The molecule has 3 aromatic carbocycles. The minimum absolute atomic E-state index is 0.00231. The number of benzene rings is 3. The topological polar surface area (TPSA) is 77.3 Å². The fraction of sp³-hybridized carbons (Fsp3) is 0.308. The van der Waals surface area contributed by atoms with Crippen LogP contribution in [0.2, 0.25) is 0 Å². The van der Waals surface area contributed by atoms with E-state index in [4.69, 9.17) is 19.3 Å². The zero-order chi connectivity index (χ0) is 22.7. The molecule has 0 aromatic heterocycles. The molecule has 3 aromatic rings. The molecule has 0 amide bonds. The predicted octanol–water partition coefficient (Wildman–Crippen LogP) is 4.73. The number of ether oxygens (including phenoxy) is 3. The van der Waals surface area contributed by atoms with E-state index >= 15 is 0 Å². The molecule has 0 radical (unpaired) electrons. The van der Waals surface area contributed by atoms with Gasteiger partial charge in [-0.25, -0.2) is 0 Å². The van der Waals surface area contributed by atoms with E-state index in [1.807, 2.05) is 49.4 Å². The molecule has 168 valence electrons. The van der Waals surface area contributed by atoms with E-state index in [1.54, 1.807) is 12.1 Å². The van der Waals surface area contributed by atoms with E-state index in [0.717, 1.165) is 22.3 Å². The van der Waals surface area contributed by atoms with Gasteiger partial charge in [-0.05, 0) is 40.9 Å². The molecule has 0 bridgehead atoms. The van der Waals surface area contributed by atoms with Crippen LogP contribution in [0, 0.1) is 11.8 Å². The molecule has 0 aliphatic rings. The third-order valence-electron chi connectivity index (χ3n) is 5.17. The molecule has 0 spiro atoms. The Morgan fingerprint density at radius 3 is 1.84 bits per heavy atom. The van der Waals surface area contributed by atoms with Crippen LogP contribution in [0.4, 0.5) is 5.69 Å². The van der Waals surface area contributed by atoms with Crippen LogP contribution in [0.5, 0.6) is 0 Å². The zero-order valence-electron chi connectivity index (χ0n) is 18.3. The molecular formula is C26H29NO5. The normalized spacial score (nSPS) is 12.9. The Morgan fingerprint density at radius 2 is 1.25 bits per heavy atom. The Hall–Kier alpha value is -2.90. The second kappa shape index (κ2) is 12.2. The van der Waals surface area contributed by atoms with Gasteiger partial charge in [0.2, 0.25) is 0 Å². The van der Waals surface area contributed by atoms with Crippen LogP contribution < -0.4 is 0 Å². The maximum Gasteiger partial charge on any atom is 0.143 e. The first-order chi connectivity index (χ1) is 15.7. The van der Waals surface area contributed by atoms with Crippen molar-refractivity contribution in [3.63, 3.8) is 0 Å². The highest BCUT2D eigenvalue weighted by Gasteiger charge is 2.37. The van der Waals surface area contributed by atoms with Gasteiger partial charge in [-0.3, -0.25) is 0 Å². The van der Waals surface area contributed by atoms with Crippen molar-refractivity contribution in [2.24, 2.45) is 5.18 Å². The van der Waals surface area contributed by atoms with Gasteiger partial charge in [0.15, 0.2) is 0 Å². The largest absolute Gasteiger partial charge is 0.394 e. The van der Waals surface area contributed by atoms with Crippen LogP contribution in [-0.4, -0.2) is 44.7 Å². The van der Waals surface area contributed by atoms with Crippen LogP contribution in [0.1, 0.15) is 22.3 Å².